The lowest BCUT2D eigenvalue weighted by Gasteiger charge is -2.41. The number of benzene rings is 6. The van der Waals surface area contributed by atoms with E-state index in [0.717, 1.165) is 67.9 Å². The summed E-state index contributed by atoms with van der Waals surface area (Å²) < 4.78 is 0. The molecule has 1 amide bonds. The number of amides is 1. The van der Waals surface area contributed by atoms with Crippen LogP contribution >= 0.6 is 0 Å². The van der Waals surface area contributed by atoms with Gasteiger partial charge in [0.15, 0.2) is 0 Å². The third kappa shape index (κ3) is 7.01. The van der Waals surface area contributed by atoms with E-state index < -0.39 is 12.1 Å². The van der Waals surface area contributed by atoms with Crippen molar-refractivity contribution in [1.82, 2.24) is 0 Å². The van der Waals surface area contributed by atoms with Crippen molar-refractivity contribution in [2.75, 3.05) is 11.9 Å². The average Bonchev–Trinajstić information content (AvgIpc) is 3.20. The van der Waals surface area contributed by atoms with Gasteiger partial charge in [-0.1, -0.05) is 130 Å². The van der Waals surface area contributed by atoms with Crippen LogP contribution in [0.1, 0.15) is 95.2 Å². The third-order valence-electron chi connectivity index (χ3n) is 11.8. The number of fused-ring (bicyclic) bond motifs is 5. The SMILES string of the molecule is CN(C(=O)c1ccc(CN)cc1)c1cc(-c2ccc3ccccc3c2C(O)C=Cc2ccc(C(=O)O)cc2)cc2ccc3c(c12)C(C)(C)CC1=C3C=CC(C)(C)C1. The molecule has 6 heteroatoms. The molecular formula is C51H48N2O4. The molecule has 0 heterocycles. The molecule has 0 bridgehead atoms. The summed E-state index contributed by atoms with van der Waals surface area (Å²) in [5, 5.41) is 25.4. The molecule has 0 saturated carbocycles. The van der Waals surface area contributed by atoms with Crippen LogP contribution in [0.4, 0.5) is 5.69 Å². The van der Waals surface area contributed by atoms with Crippen molar-refractivity contribution >= 4 is 50.8 Å². The predicted molar refractivity (Wildman–Crippen MR) is 233 cm³/mol. The maximum Gasteiger partial charge on any atom is 0.335 e. The van der Waals surface area contributed by atoms with Crippen molar-refractivity contribution in [2.24, 2.45) is 11.1 Å². The number of allylic oxidation sites excluding steroid dienone is 4. The first-order valence-corrected chi connectivity index (χ1v) is 19.6. The van der Waals surface area contributed by atoms with Gasteiger partial charge in [0.05, 0.1) is 17.4 Å². The van der Waals surface area contributed by atoms with Crippen molar-refractivity contribution in [2.45, 2.75) is 58.6 Å². The second kappa shape index (κ2) is 14.5. The summed E-state index contributed by atoms with van der Waals surface area (Å²) in [5.74, 6) is -1.11. The third-order valence-corrected chi connectivity index (χ3v) is 11.8. The Morgan fingerprint density at radius 2 is 1.51 bits per heavy atom. The molecule has 0 spiro atoms. The fourth-order valence-corrected chi connectivity index (χ4v) is 8.97. The van der Waals surface area contributed by atoms with Crippen LogP contribution in [0.15, 0.2) is 133 Å². The highest BCUT2D eigenvalue weighted by Crippen LogP contribution is 2.53. The maximum absolute atomic E-state index is 14.5. The maximum atomic E-state index is 14.5. The zero-order valence-corrected chi connectivity index (χ0v) is 33.1. The van der Waals surface area contributed by atoms with Gasteiger partial charge in [0.2, 0.25) is 0 Å². The molecule has 57 heavy (non-hydrogen) atoms. The molecule has 1 atom stereocenters. The van der Waals surface area contributed by atoms with Crippen molar-refractivity contribution in [1.29, 1.82) is 0 Å². The molecule has 0 fully saturated rings. The zero-order chi connectivity index (χ0) is 40.2. The van der Waals surface area contributed by atoms with Gasteiger partial charge in [-0.25, -0.2) is 4.79 Å². The fourth-order valence-electron chi connectivity index (χ4n) is 8.97. The standard InChI is InChI=1S/C51H48N2O4/c1-50(2)25-24-39-38(28-50)29-51(3,4)47-42(39)22-20-36-26-37(27-43(45(36)47)53(5)48(55)34-15-12-32(30-52)13-16-34)41-21-19-33-8-6-7-9-40(33)46(41)44(54)23-14-31-10-17-35(18-11-31)49(56)57/h6-27,44,54H,28-30,52H2,1-5H3,(H,56,57). The van der Waals surface area contributed by atoms with E-state index in [1.54, 1.807) is 35.2 Å². The van der Waals surface area contributed by atoms with E-state index in [2.05, 4.69) is 76.2 Å². The molecule has 4 N–H and O–H groups in total. The van der Waals surface area contributed by atoms with Gasteiger partial charge in [-0.3, -0.25) is 4.79 Å². The van der Waals surface area contributed by atoms with Crippen LogP contribution in [0.5, 0.6) is 0 Å². The van der Waals surface area contributed by atoms with E-state index in [1.165, 1.54) is 22.3 Å². The van der Waals surface area contributed by atoms with Crippen LogP contribution in [0.25, 0.3) is 44.3 Å². The minimum absolute atomic E-state index is 0.0949. The van der Waals surface area contributed by atoms with Crippen molar-refractivity contribution in [3.05, 3.63) is 172 Å². The van der Waals surface area contributed by atoms with Gasteiger partial charge >= 0.3 is 5.97 Å². The van der Waals surface area contributed by atoms with E-state index in [4.69, 9.17) is 5.73 Å². The highest BCUT2D eigenvalue weighted by molar-refractivity contribution is 6.14. The number of anilines is 1. The van der Waals surface area contributed by atoms with E-state index in [9.17, 15) is 19.8 Å². The normalized spacial score (nSPS) is 16.1. The number of carboxylic acid groups (broad SMARTS) is 1. The fraction of sp³-hybridized carbons (Fsp3) is 0.216. The molecule has 1 unspecified atom stereocenters. The number of nitrogens with zero attached hydrogens (tertiary/aromatic N) is 1. The van der Waals surface area contributed by atoms with Crippen LogP contribution in [0.3, 0.4) is 0 Å². The predicted octanol–water partition coefficient (Wildman–Crippen LogP) is 11.3. The summed E-state index contributed by atoms with van der Waals surface area (Å²) in [6.07, 6.45) is 9.12. The quantitative estimate of drug-likeness (QED) is 0.144. The Bertz CT molecular complexity index is 2680. The highest BCUT2D eigenvalue weighted by Gasteiger charge is 2.38. The number of hydrogen-bond donors (Lipinski definition) is 3. The Morgan fingerprint density at radius 1 is 0.825 bits per heavy atom. The van der Waals surface area contributed by atoms with Crippen LogP contribution in [-0.4, -0.2) is 29.1 Å². The number of aliphatic hydroxyl groups excluding tert-OH is 1. The molecule has 0 radical (unpaired) electrons. The molecule has 6 nitrogen and oxygen atoms in total. The molecule has 286 valence electrons. The largest absolute Gasteiger partial charge is 0.478 e. The van der Waals surface area contributed by atoms with Gasteiger partial charge in [-0.05, 0) is 115 Å². The molecule has 0 saturated heterocycles. The first-order chi connectivity index (χ1) is 27.2. The summed E-state index contributed by atoms with van der Waals surface area (Å²) in [6.45, 7) is 9.63. The number of hydrogen-bond acceptors (Lipinski definition) is 4. The van der Waals surface area contributed by atoms with Crippen LogP contribution in [0, 0.1) is 5.41 Å². The number of rotatable bonds is 8. The Morgan fingerprint density at radius 3 is 2.23 bits per heavy atom. The van der Waals surface area contributed by atoms with Crippen molar-refractivity contribution in [3.8, 4) is 11.1 Å². The van der Waals surface area contributed by atoms with Crippen molar-refractivity contribution < 1.29 is 19.8 Å². The molecule has 2 aliphatic carbocycles. The lowest BCUT2D eigenvalue weighted by molar-refractivity contribution is 0.0696. The van der Waals surface area contributed by atoms with E-state index in [0.29, 0.717) is 12.1 Å². The van der Waals surface area contributed by atoms with E-state index >= 15 is 0 Å². The monoisotopic (exact) mass is 752 g/mol. The van der Waals surface area contributed by atoms with Crippen LogP contribution in [-0.2, 0) is 12.0 Å². The molecule has 6 aromatic rings. The van der Waals surface area contributed by atoms with Crippen LogP contribution < -0.4 is 10.6 Å². The number of aliphatic hydroxyl groups is 1. The summed E-state index contributed by atoms with van der Waals surface area (Å²) >= 11 is 0. The number of carbonyl (C=O) groups excluding carboxylic acids is 1. The lowest BCUT2D eigenvalue weighted by atomic mass is 9.64. The summed E-state index contributed by atoms with van der Waals surface area (Å²) in [4.78, 5) is 27.7. The summed E-state index contributed by atoms with van der Waals surface area (Å²) in [6, 6.07) is 35.0. The van der Waals surface area contributed by atoms with E-state index in [1.807, 2.05) is 61.7 Å². The van der Waals surface area contributed by atoms with Gasteiger partial charge in [-0.15, -0.1) is 0 Å². The molecule has 6 aromatic carbocycles. The van der Waals surface area contributed by atoms with E-state index in [-0.39, 0.29) is 22.3 Å². The van der Waals surface area contributed by atoms with Crippen molar-refractivity contribution in [3.63, 3.8) is 0 Å². The Balaban J connectivity index is 1.34. The van der Waals surface area contributed by atoms with Gasteiger partial charge in [-0.2, -0.15) is 0 Å². The molecule has 2 aliphatic rings. The lowest BCUT2D eigenvalue weighted by Crippen LogP contribution is -2.30. The molecule has 0 aromatic heterocycles. The average molecular weight is 753 g/mol. The first-order valence-electron chi connectivity index (χ1n) is 19.6. The number of carbonyl (C=O) groups is 2. The molecule has 8 rings (SSSR count). The second-order valence-electron chi connectivity index (χ2n) is 16.9. The highest BCUT2D eigenvalue weighted by atomic mass is 16.4. The van der Waals surface area contributed by atoms with Crippen LogP contribution in [0.2, 0.25) is 0 Å². The second-order valence-corrected chi connectivity index (χ2v) is 16.9. The number of aromatic carboxylic acids is 1. The topological polar surface area (TPSA) is 104 Å². The number of carboxylic acids is 1. The molecule has 0 aliphatic heterocycles. The van der Waals surface area contributed by atoms with Gasteiger partial charge in [0.25, 0.3) is 5.91 Å². The first kappa shape index (κ1) is 37.8. The Labute approximate surface area is 334 Å². The summed E-state index contributed by atoms with van der Waals surface area (Å²) in [5.41, 5.74) is 16.8. The minimum Gasteiger partial charge on any atom is -0.478 e. The Hall–Kier alpha value is -6.08. The van der Waals surface area contributed by atoms with Gasteiger partial charge < -0.3 is 20.8 Å². The minimum atomic E-state index is -1.00. The molecular weight excluding hydrogens is 705 g/mol. The number of nitrogens with two attached hydrogens (primary N) is 1. The summed E-state index contributed by atoms with van der Waals surface area (Å²) in [7, 11) is 1.86. The Kier molecular flexibility index (Phi) is 9.59. The van der Waals surface area contributed by atoms with Gasteiger partial charge in [0, 0.05) is 30.1 Å². The van der Waals surface area contributed by atoms with Gasteiger partial charge in [0.1, 0.15) is 0 Å². The smallest absolute Gasteiger partial charge is 0.335 e. The zero-order valence-electron chi connectivity index (χ0n) is 33.1.